The third-order valence-electron chi connectivity index (χ3n) is 4.31. The first kappa shape index (κ1) is 15.6. The molecule has 0 radical (unpaired) electrons. The van der Waals surface area contributed by atoms with Crippen molar-refractivity contribution in [2.45, 2.75) is 0 Å². The number of aryl methyl sites for hydroxylation is 1. The SMILES string of the molecule is Cn1cnc2c(N3CCN(c4ncc(C#N)cc4Cl)CC3)ncnc21. The van der Waals surface area contributed by atoms with Gasteiger partial charge in [-0.1, -0.05) is 11.6 Å². The van der Waals surface area contributed by atoms with Gasteiger partial charge in [-0.2, -0.15) is 5.26 Å². The molecule has 0 saturated carbocycles. The summed E-state index contributed by atoms with van der Waals surface area (Å²) < 4.78 is 1.89. The van der Waals surface area contributed by atoms with Crippen LogP contribution in [0.3, 0.4) is 0 Å². The van der Waals surface area contributed by atoms with Gasteiger partial charge in [-0.15, -0.1) is 0 Å². The van der Waals surface area contributed by atoms with E-state index in [4.69, 9.17) is 16.9 Å². The highest BCUT2D eigenvalue weighted by Crippen LogP contribution is 2.27. The molecule has 0 aliphatic carbocycles. The van der Waals surface area contributed by atoms with Crippen molar-refractivity contribution >= 4 is 34.4 Å². The van der Waals surface area contributed by atoms with Gasteiger partial charge in [0.25, 0.3) is 0 Å². The van der Waals surface area contributed by atoms with Crippen LogP contribution in [0.15, 0.2) is 24.9 Å². The zero-order valence-electron chi connectivity index (χ0n) is 13.6. The van der Waals surface area contributed by atoms with E-state index in [2.05, 4.69) is 29.7 Å². The summed E-state index contributed by atoms with van der Waals surface area (Å²) in [5.41, 5.74) is 2.10. The molecule has 1 aliphatic rings. The van der Waals surface area contributed by atoms with Gasteiger partial charge in [0.2, 0.25) is 0 Å². The second-order valence-corrected chi connectivity index (χ2v) is 6.25. The molecule has 1 aliphatic heterocycles. The number of aromatic nitrogens is 5. The average Bonchev–Trinajstić information content (AvgIpc) is 3.03. The second-order valence-electron chi connectivity index (χ2n) is 5.84. The standard InChI is InChI=1S/C16H15ClN8/c1-23-10-22-13-15(23)20-9-21-16(13)25-4-2-24(3-5-25)14-12(17)6-11(7-18)8-19-14/h6,8-10H,2-5H2,1H3. The highest BCUT2D eigenvalue weighted by atomic mass is 35.5. The number of piperazine rings is 1. The molecular formula is C16H15ClN8. The van der Waals surface area contributed by atoms with Gasteiger partial charge in [0.15, 0.2) is 17.0 Å². The van der Waals surface area contributed by atoms with Gasteiger partial charge in [0, 0.05) is 39.4 Å². The lowest BCUT2D eigenvalue weighted by Gasteiger charge is -2.36. The Kier molecular flexibility index (Phi) is 3.86. The first-order valence-electron chi connectivity index (χ1n) is 7.85. The van der Waals surface area contributed by atoms with E-state index in [0.717, 1.165) is 43.2 Å². The molecule has 0 N–H and O–H groups in total. The average molecular weight is 355 g/mol. The highest BCUT2D eigenvalue weighted by molar-refractivity contribution is 6.33. The summed E-state index contributed by atoms with van der Waals surface area (Å²) in [5, 5.41) is 9.43. The number of fused-ring (bicyclic) bond motifs is 1. The van der Waals surface area contributed by atoms with Crippen molar-refractivity contribution in [3.63, 3.8) is 0 Å². The zero-order chi connectivity index (χ0) is 17.4. The Hall–Kier alpha value is -2.92. The summed E-state index contributed by atoms with van der Waals surface area (Å²) in [4.78, 5) is 21.8. The lowest BCUT2D eigenvalue weighted by molar-refractivity contribution is 0.642. The Labute approximate surface area is 149 Å². The fourth-order valence-electron chi connectivity index (χ4n) is 3.02. The minimum atomic E-state index is 0.464. The van der Waals surface area contributed by atoms with E-state index >= 15 is 0 Å². The molecule has 0 unspecified atom stereocenters. The smallest absolute Gasteiger partial charge is 0.165 e. The van der Waals surface area contributed by atoms with Crippen LogP contribution in [0.5, 0.6) is 0 Å². The van der Waals surface area contributed by atoms with Crippen molar-refractivity contribution in [3.8, 4) is 6.07 Å². The normalized spacial score (nSPS) is 14.8. The van der Waals surface area contributed by atoms with Crippen molar-refractivity contribution in [2.24, 2.45) is 7.05 Å². The number of nitrogens with zero attached hydrogens (tertiary/aromatic N) is 8. The summed E-state index contributed by atoms with van der Waals surface area (Å²) in [7, 11) is 1.92. The summed E-state index contributed by atoms with van der Waals surface area (Å²) in [6, 6.07) is 3.70. The fourth-order valence-corrected chi connectivity index (χ4v) is 3.31. The first-order valence-corrected chi connectivity index (χ1v) is 8.22. The lowest BCUT2D eigenvalue weighted by atomic mass is 10.2. The molecule has 3 aromatic rings. The maximum absolute atomic E-state index is 8.92. The van der Waals surface area contributed by atoms with Gasteiger partial charge in [-0.05, 0) is 6.07 Å². The molecule has 126 valence electrons. The summed E-state index contributed by atoms with van der Waals surface area (Å²) in [6.45, 7) is 3.08. The Balaban J connectivity index is 1.54. The first-order chi connectivity index (χ1) is 12.2. The summed E-state index contributed by atoms with van der Waals surface area (Å²) >= 11 is 6.27. The Morgan fingerprint density at radius 1 is 1.04 bits per heavy atom. The number of hydrogen-bond acceptors (Lipinski definition) is 7. The van der Waals surface area contributed by atoms with Crippen molar-refractivity contribution in [1.82, 2.24) is 24.5 Å². The minimum absolute atomic E-state index is 0.464. The van der Waals surface area contributed by atoms with E-state index in [-0.39, 0.29) is 0 Å². The summed E-state index contributed by atoms with van der Waals surface area (Å²) in [5.74, 6) is 1.56. The maximum atomic E-state index is 8.92. The van der Waals surface area contributed by atoms with Crippen LogP contribution in [0.4, 0.5) is 11.6 Å². The Bertz CT molecular complexity index is 968. The third-order valence-corrected chi connectivity index (χ3v) is 4.59. The van der Waals surface area contributed by atoms with Crippen LogP contribution >= 0.6 is 11.6 Å². The summed E-state index contributed by atoms with van der Waals surface area (Å²) in [6.07, 6.45) is 4.87. The van der Waals surface area contributed by atoms with Gasteiger partial charge in [0.1, 0.15) is 18.2 Å². The largest absolute Gasteiger partial charge is 0.352 e. The highest BCUT2D eigenvalue weighted by Gasteiger charge is 2.23. The van der Waals surface area contributed by atoms with E-state index in [9.17, 15) is 0 Å². The van der Waals surface area contributed by atoms with Crippen LogP contribution in [0.25, 0.3) is 11.2 Å². The predicted molar refractivity (Wildman–Crippen MR) is 94.7 cm³/mol. The van der Waals surface area contributed by atoms with Gasteiger partial charge >= 0.3 is 0 Å². The van der Waals surface area contributed by atoms with Crippen molar-refractivity contribution < 1.29 is 0 Å². The molecule has 8 nitrogen and oxygen atoms in total. The van der Waals surface area contributed by atoms with Crippen LogP contribution in [0, 0.1) is 11.3 Å². The molecule has 3 aromatic heterocycles. The van der Waals surface area contributed by atoms with E-state index in [0.29, 0.717) is 16.4 Å². The molecule has 0 bridgehead atoms. The Morgan fingerprint density at radius 2 is 1.76 bits per heavy atom. The number of pyridine rings is 1. The number of anilines is 2. The molecule has 4 rings (SSSR count). The molecule has 1 fully saturated rings. The number of rotatable bonds is 2. The van der Waals surface area contributed by atoms with E-state index in [1.54, 1.807) is 24.9 Å². The molecule has 0 atom stereocenters. The van der Waals surface area contributed by atoms with Crippen LogP contribution in [0.2, 0.25) is 5.02 Å². The zero-order valence-corrected chi connectivity index (χ0v) is 14.3. The maximum Gasteiger partial charge on any atom is 0.165 e. The van der Waals surface area contributed by atoms with Gasteiger partial charge in [0.05, 0.1) is 16.9 Å². The number of hydrogen-bond donors (Lipinski definition) is 0. The van der Waals surface area contributed by atoms with Gasteiger partial charge in [-0.25, -0.2) is 19.9 Å². The quantitative estimate of drug-likeness (QED) is 0.690. The van der Waals surface area contributed by atoms with E-state index in [1.165, 1.54) is 0 Å². The number of imidazole rings is 1. The topological polar surface area (TPSA) is 86.8 Å². The number of halogens is 1. The molecule has 0 amide bonds. The van der Waals surface area contributed by atoms with Crippen LogP contribution in [0.1, 0.15) is 5.56 Å². The molecule has 1 saturated heterocycles. The van der Waals surface area contributed by atoms with Gasteiger partial charge < -0.3 is 14.4 Å². The molecule has 9 heteroatoms. The molecule has 4 heterocycles. The van der Waals surface area contributed by atoms with Crippen LogP contribution in [-0.2, 0) is 7.05 Å². The van der Waals surface area contributed by atoms with Crippen LogP contribution in [-0.4, -0.2) is 50.7 Å². The predicted octanol–water partition coefficient (Wildman–Crippen LogP) is 1.61. The monoisotopic (exact) mass is 354 g/mol. The third kappa shape index (κ3) is 2.72. The van der Waals surface area contributed by atoms with Crippen LogP contribution < -0.4 is 9.80 Å². The number of nitriles is 1. The Morgan fingerprint density at radius 3 is 2.44 bits per heavy atom. The van der Waals surface area contributed by atoms with E-state index in [1.807, 2.05) is 17.7 Å². The molecule has 0 spiro atoms. The van der Waals surface area contributed by atoms with Gasteiger partial charge in [-0.3, -0.25) is 0 Å². The molecule has 25 heavy (non-hydrogen) atoms. The van der Waals surface area contributed by atoms with Crippen molar-refractivity contribution in [3.05, 3.63) is 35.5 Å². The lowest BCUT2D eigenvalue weighted by Crippen LogP contribution is -2.47. The van der Waals surface area contributed by atoms with Crippen molar-refractivity contribution in [2.75, 3.05) is 36.0 Å². The van der Waals surface area contributed by atoms with Crippen molar-refractivity contribution in [1.29, 1.82) is 5.26 Å². The minimum Gasteiger partial charge on any atom is -0.352 e. The van der Waals surface area contributed by atoms with E-state index < -0.39 is 0 Å². The molecule has 0 aromatic carbocycles. The fraction of sp³-hybridized carbons (Fsp3) is 0.312. The second kappa shape index (κ2) is 6.18. The molecular weight excluding hydrogens is 340 g/mol.